The van der Waals surface area contributed by atoms with Gasteiger partial charge >= 0.3 is 0 Å². The highest BCUT2D eigenvalue weighted by atomic mass is 79.9. The molecule has 0 saturated carbocycles. The Labute approximate surface area is 231 Å². The number of halogens is 3. The molecule has 1 atom stereocenters. The van der Waals surface area contributed by atoms with Gasteiger partial charge in [-0.15, -0.1) is 0 Å². The molecule has 0 unspecified atom stereocenters. The van der Waals surface area contributed by atoms with E-state index in [9.17, 15) is 18.4 Å². The molecule has 0 bridgehead atoms. The number of aromatic nitrogens is 2. The van der Waals surface area contributed by atoms with Crippen LogP contribution in [0, 0.1) is 11.6 Å². The summed E-state index contributed by atoms with van der Waals surface area (Å²) in [5.74, 6) is -1.12. The lowest BCUT2D eigenvalue weighted by Crippen LogP contribution is -2.31. The minimum Gasteiger partial charge on any atom is -0.386 e. The molecule has 2 amide bonds. The molecular weight excluding hydrogens is 572 g/mol. The molecule has 4 aromatic rings. The van der Waals surface area contributed by atoms with Crippen molar-refractivity contribution in [3.05, 3.63) is 94.1 Å². The first-order valence-corrected chi connectivity index (χ1v) is 12.9. The highest BCUT2D eigenvalue weighted by Gasteiger charge is 2.36. The lowest BCUT2D eigenvalue weighted by atomic mass is 10.1. The number of nitrogens with zero attached hydrogens (tertiary/aromatic N) is 3. The van der Waals surface area contributed by atoms with E-state index in [0.717, 1.165) is 10.2 Å². The van der Waals surface area contributed by atoms with Gasteiger partial charge in [-0.1, -0.05) is 15.9 Å². The van der Waals surface area contributed by atoms with Crippen LogP contribution in [-0.2, 0) is 20.7 Å². The molecule has 2 N–H and O–H groups in total. The molecule has 0 aliphatic carbocycles. The van der Waals surface area contributed by atoms with E-state index in [-0.39, 0.29) is 31.3 Å². The number of carbonyl (C=O) groups is 2. The van der Waals surface area contributed by atoms with E-state index in [0.29, 0.717) is 40.2 Å². The molecular formula is C28H24BrF2N5O3. The molecule has 1 saturated heterocycles. The zero-order chi connectivity index (χ0) is 27.5. The number of ether oxygens (including phenoxy) is 1. The van der Waals surface area contributed by atoms with Crippen LogP contribution in [0.5, 0.6) is 0 Å². The molecule has 200 valence electrons. The van der Waals surface area contributed by atoms with Gasteiger partial charge in [0, 0.05) is 35.4 Å². The van der Waals surface area contributed by atoms with Gasteiger partial charge in [0.15, 0.2) is 6.23 Å². The summed E-state index contributed by atoms with van der Waals surface area (Å²) in [4.78, 5) is 25.3. The Morgan fingerprint density at radius 1 is 1.10 bits per heavy atom. The Kier molecular flexibility index (Phi) is 7.71. The number of hydrogen-bond acceptors (Lipinski definition) is 5. The quantitative estimate of drug-likeness (QED) is 0.257. The predicted octanol–water partition coefficient (Wildman–Crippen LogP) is 5.29. The van der Waals surface area contributed by atoms with E-state index >= 15 is 0 Å². The van der Waals surface area contributed by atoms with Gasteiger partial charge < -0.3 is 20.3 Å². The first kappa shape index (κ1) is 26.5. The molecule has 1 aliphatic heterocycles. The van der Waals surface area contributed by atoms with Crippen LogP contribution in [-0.4, -0.2) is 47.2 Å². The number of nitrogens with one attached hydrogen (secondary N) is 2. The first-order chi connectivity index (χ1) is 18.9. The smallest absolute Gasteiger partial charge is 0.250 e. The van der Waals surface area contributed by atoms with Crippen molar-refractivity contribution in [3.8, 4) is 16.9 Å². The van der Waals surface area contributed by atoms with Crippen molar-refractivity contribution < 1.29 is 23.1 Å². The monoisotopic (exact) mass is 595 g/mol. The SMILES string of the molecule is CNc1cc(CCN2C(=O)CO[C@H]2c2cn(-c3ccc(Br)cc3)nc2-c2ccc(F)cc2)c(F)cc1NC=O. The lowest BCUT2D eigenvalue weighted by Gasteiger charge is -2.23. The number of carbonyl (C=O) groups excluding carboxylic acids is 2. The van der Waals surface area contributed by atoms with Crippen molar-refractivity contribution in [2.45, 2.75) is 12.6 Å². The van der Waals surface area contributed by atoms with E-state index in [1.54, 1.807) is 41.0 Å². The Morgan fingerprint density at radius 2 is 1.85 bits per heavy atom. The second-order valence-corrected chi connectivity index (χ2v) is 9.78. The highest BCUT2D eigenvalue weighted by molar-refractivity contribution is 9.10. The average molecular weight is 596 g/mol. The van der Waals surface area contributed by atoms with E-state index in [4.69, 9.17) is 9.84 Å². The van der Waals surface area contributed by atoms with Crippen molar-refractivity contribution in [2.75, 3.05) is 30.8 Å². The maximum Gasteiger partial charge on any atom is 0.250 e. The molecule has 8 nitrogen and oxygen atoms in total. The third-order valence-corrected chi connectivity index (χ3v) is 7.01. The summed E-state index contributed by atoms with van der Waals surface area (Å²) in [5.41, 5.74) is 3.85. The summed E-state index contributed by atoms with van der Waals surface area (Å²) in [5, 5.41) is 10.2. The van der Waals surface area contributed by atoms with Crippen LogP contribution in [0.2, 0.25) is 0 Å². The third kappa shape index (κ3) is 5.55. The Hall–Kier alpha value is -4.09. The number of anilines is 2. The third-order valence-electron chi connectivity index (χ3n) is 6.48. The summed E-state index contributed by atoms with van der Waals surface area (Å²) in [6.07, 6.45) is 1.70. The van der Waals surface area contributed by atoms with Crippen LogP contribution in [0.25, 0.3) is 16.9 Å². The number of amides is 2. The lowest BCUT2D eigenvalue weighted by molar-refractivity contribution is -0.128. The average Bonchev–Trinajstić information content (AvgIpc) is 3.53. The molecule has 5 rings (SSSR count). The predicted molar refractivity (Wildman–Crippen MR) is 146 cm³/mol. The molecule has 11 heteroatoms. The highest BCUT2D eigenvalue weighted by Crippen LogP contribution is 2.36. The van der Waals surface area contributed by atoms with Crippen LogP contribution in [0.3, 0.4) is 0 Å². The number of hydrogen-bond donors (Lipinski definition) is 2. The van der Waals surface area contributed by atoms with Crippen molar-refractivity contribution in [2.24, 2.45) is 0 Å². The molecule has 3 aromatic carbocycles. The van der Waals surface area contributed by atoms with E-state index < -0.39 is 12.0 Å². The Bertz CT molecular complexity index is 1510. The topological polar surface area (TPSA) is 88.5 Å². The standard InChI is InChI=1S/C28H24BrF2N5O3/c1-32-24-12-18(23(31)13-25(24)33-16-37)10-11-35-26(38)15-39-28(35)22-14-36(21-8-4-19(29)5-9-21)34-27(22)17-2-6-20(30)7-3-17/h2-9,12-14,16,28,32H,10-11,15H2,1H3,(H,33,37)/t28-/m0/s1. The van der Waals surface area contributed by atoms with E-state index in [2.05, 4.69) is 26.6 Å². The molecule has 39 heavy (non-hydrogen) atoms. The van der Waals surface area contributed by atoms with Gasteiger partial charge in [-0.2, -0.15) is 5.10 Å². The molecule has 0 radical (unpaired) electrons. The fourth-order valence-corrected chi connectivity index (χ4v) is 4.78. The molecule has 1 fully saturated rings. The maximum atomic E-state index is 14.9. The Morgan fingerprint density at radius 3 is 2.54 bits per heavy atom. The van der Waals surface area contributed by atoms with Gasteiger partial charge in [-0.3, -0.25) is 9.59 Å². The van der Waals surface area contributed by atoms with Gasteiger partial charge in [0.1, 0.15) is 23.9 Å². The summed E-state index contributed by atoms with van der Waals surface area (Å²) < 4.78 is 37.0. The van der Waals surface area contributed by atoms with Crippen LogP contribution in [0.15, 0.2) is 71.3 Å². The van der Waals surface area contributed by atoms with E-state index in [1.807, 2.05) is 24.3 Å². The molecule has 0 spiro atoms. The summed E-state index contributed by atoms with van der Waals surface area (Å²) in [6.45, 7) is 0.0414. The van der Waals surface area contributed by atoms with Crippen LogP contribution < -0.4 is 10.6 Å². The second kappa shape index (κ2) is 11.3. The fraction of sp³-hybridized carbons (Fsp3) is 0.179. The van der Waals surface area contributed by atoms with Crippen LogP contribution >= 0.6 is 15.9 Å². The minimum atomic E-state index is -0.774. The fourth-order valence-electron chi connectivity index (χ4n) is 4.52. The largest absolute Gasteiger partial charge is 0.386 e. The molecule has 1 aromatic heterocycles. The summed E-state index contributed by atoms with van der Waals surface area (Å²) in [6, 6.07) is 16.3. The minimum absolute atomic E-state index is 0.135. The van der Waals surface area contributed by atoms with Gasteiger partial charge in [-0.25, -0.2) is 13.5 Å². The zero-order valence-electron chi connectivity index (χ0n) is 20.8. The number of rotatable bonds is 9. The van der Waals surface area contributed by atoms with Crippen molar-refractivity contribution >= 4 is 39.6 Å². The number of benzene rings is 3. The van der Waals surface area contributed by atoms with Gasteiger partial charge in [-0.05, 0) is 72.6 Å². The van der Waals surface area contributed by atoms with Crippen LogP contribution in [0.4, 0.5) is 20.2 Å². The zero-order valence-corrected chi connectivity index (χ0v) is 22.4. The first-order valence-electron chi connectivity index (χ1n) is 12.1. The van der Waals surface area contributed by atoms with Gasteiger partial charge in [0.2, 0.25) is 6.41 Å². The second-order valence-electron chi connectivity index (χ2n) is 8.86. The van der Waals surface area contributed by atoms with Crippen molar-refractivity contribution in [1.29, 1.82) is 0 Å². The van der Waals surface area contributed by atoms with Gasteiger partial charge in [0.25, 0.3) is 5.91 Å². The summed E-state index contributed by atoms with van der Waals surface area (Å²) >= 11 is 3.43. The van der Waals surface area contributed by atoms with Crippen molar-refractivity contribution in [1.82, 2.24) is 14.7 Å². The van der Waals surface area contributed by atoms with E-state index in [1.165, 1.54) is 18.2 Å². The molecule has 2 heterocycles. The van der Waals surface area contributed by atoms with Gasteiger partial charge in [0.05, 0.1) is 17.1 Å². The molecule has 1 aliphatic rings. The summed E-state index contributed by atoms with van der Waals surface area (Å²) in [7, 11) is 1.67. The maximum absolute atomic E-state index is 14.9. The van der Waals surface area contributed by atoms with Crippen molar-refractivity contribution in [3.63, 3.8) is 0 Å². The normalized spacial score (nSPS) is 15.0. The Balaban J connectivity index is 1.48. The van der Waals surface area contributed by atoms with Crippen LogP contribution in [0.1, 0.15) is 17.4 Å².